The second kappa shape index (κ2) is 2.22. The molecule has 1 saturated carbocycles. The maximum Gasteiger partial charge on any atom is 0.330 e. The molecule has 2 nitrogen and oxygen atoms in total. The highest BCUT2D eigenvalue weighted by Crippen LogP contribution is 2.49. The lowest BCUT2D eigenvalue weighted by molar-refractivity contribution is -0.139. The van der Waals surface area contributed by atoms with Crippen molar-refractivity contribution in [2.24, 2.45) is 11.8 Å². The van der Waals surface area contributed by atoms with Gasteiger partial charge in [-0.15, -0.1) is 0 Å². The molecule has 2 aliphatic rings. The first kappa shape index (κ1) is 6.65. The Balaban J connectivity index is 1.87. The normalized spacial score (nSPS) is 38.0. The average molecular weight is 150 g/mol. The van der Waals surface area contributed by atoms with Gasteiger partial charge in [-0.2, -0.15) is 0 Å². The maximum absolute atomic E-state index is 10.7. The molecule has 0 aromatic rings. The van der Waals surface area contributed by atoms with Gasteiger partial charge in [-0.3, -0.25) is 0 Å². The summed E-state index contributed by atoms with van der Waals surface area (Å²) >= 11 is 0. The van der Waals surface area contributed by atoms with E-state index in [2.05, 4.69) is 18.7 Å². The molecular weight excluding hydrogens is 140 g/mol. The van der Waals surface area contributed by atoms with E-state index in [-0.39, 0.29) is 12.1 Å². The molecule has 3 atom stereocenters. The van der Waals surface area contributed by atoms with Crippen molar-refractivity contribution in [1.82, 2.24) is 0 Å². The smallest absolute Gasteiger partial charge is 0.330 e. The number of carbonyl (C=O) groups excluding carboxylic acids is 1. The standard InChI is InChI=1S/C9H10O2/c1-2-8(10)11-9-6-4-3-5-7(6)9/h2-4,6-7,9H,1,5H2. The molecule has 0 saturated heterocycles. The van der Waals surface area contributed by atoms with E-state index in [0.717, 1.165) is 6.42 Å². The zero-order valence-electron chi connectivity index (χ0n) is 6.19. The molecule has 0 radical (unpaired) electrons. The van der Waals surface area contributed by atoms with Crippen molar-refractivity contribution in [1.29, 1.82) is 0 Å². The van der Waals surface area contributed by atoms with Crippen LogP contribution in [0.4, 0.5) is 0 Å². The van der Waals surface area contributed by atoms with E-state index in [0.29, 0.717) is 11.8 Å². The lowest BCUT2D eigenvalue weighted by Gasteiger charge is -1.99. The van der Waals surface area contributed by atoms with Gasteiger partial charge in [-0.25, -0.2) is 4.79 Å². The SMILES string of the molecule is C=CC(=O)OC1C2C=CCC21. The lowest BCUT2D eigenvalue weighted by atomic mass is 10.3. The molecule has 2 heteroatoms. The Kier molecular flexibility index (Phi) is 1.34. The Labute approximate surface area is 65.5 Å². The van der Waals surface area contributed by atoms with Crippen LogP contribution in [0.2, 0.25) is 0 Å². The fraction of sp³-hybridized carbons (Fsp3) is 0.444. The molecule has 11 heavy (non-hydrogen) atoms. The molecule has 0 aliphatic heterocycles. The molecule has 0 bridgehead atoms. The van der Waals surface area contributed by atoms with E-state index in [9.17, 15) is 4.79 Å². The monoisotopic (exact) mass is 150 g/mol. The van der Waals surface area contributed by atoms with Gasteiger partial charge in [0.1, 0.15) is 6.10 Å². The van der Waals surface area contributed by atoms with E-state index in [4.69, 9.17) is 4.74 Å². The Bertz CT molecular complexity index is 230. The minimum absolute atomic E-state index is 0.158. The molecule has 0 spiro atoms. The van der Waals surface area contributed by atoms with Crippen molar-refractivity contribution >= 4 is 5.97 Å². The average Bonchev–Trinajstić information content (AvgIpc) is 2.52. The number of carbonyl (C=O) groups is 1. The summed E-state index contributed by atoms with van der Waals surface area (Å²) in [6.07, 6.45) is 6.72. The molecule has 1 fully saturated rings. The predicted octanol–water partition coefficient (Wildman–Crippen LogP) is 1.29. The van der Waals surface area contributed by atoms with Crippen LogP contribution in [0.5, 0.6) is 0 Å². The van der Waals surface area contributed by atoms with Crippen LogP contribution in [0, 0.1) is 11.8 Å². The van der Waals surface area contributed by atoms with Gasteiger partial charge in [0, 0.05) is 17.9 Å². The highest BCUT2D eigenvalue weighted by molar-refractivity contribution is 5.81. The van der Waals surface area contributed by atoms with Crippen molar-refractivity contribution < 1.29 is 9.53 Å². The summed E-state index contributed by atoms with van der Waals surface area (Å²) < 4.78 is 5.07. The molecular formula is C9H10O2. The molecule has 0 N–H and O–H groups in total. The van der Waals surface area contributed by atoms with Gasteiger partial charge in [-0.1, -0.05) is 18.7 Å². The van der Waals surface area contributed by atoms with E-state index < -0.39 is 0 Å². The summed E-state index contributed by atoms with van der Waals surface area (Å²) in [4.78, 5) is 10.7. The molecule has 3 unspecified atom stereocenters. The first-order chi connectivity index (χ1) is 5.33. The van der Waals surface area contributed by atoms with E-state index in [1.807, 2.05) is 0 Å². The number of hydrogen-bond donors (Lipinski definition) is 0. The molecule has 2 rings (SSSR count). The van der Waals surface area contributed by atoms with Crippen LogP contribution < -0.4 is 0 Å². The number of hydrogen-bond acceptors (Lipinski definition) is 2. The van der Waals surface area contributed by atoms with Crippen LogP contribution in [0.25, 0.3) is 0 Å². The van der Waals surface area contributed by atoms with Crippen LogP contribution >= 0.6 is 0 Å². The third-order valence-corrected chi connectivity index (χ3v) is 2.34. The van der Waals surface area contributed by atoms with Crippen molar-refractivity contribution in [2.45, 2.75) is 12.5 Å². The Morgan fingerprint density at radius 1 is 1.73 bits per heavy atom. The van der Waals surface area contributed by atoms with Crippen LogP contribution in [0.3, 0.4) is 0 Å². The second-order valence-corrected chi connectivity index (χ2v) is 3.01. The zero-order valence-corrected chi connectivity index (χ0v) is 6.19. The largest absolute Gasteiger partial charge is 0.458 e. The van der Waals surface area contributed by atoms with Gasteiger partial charge in [-0.05, 0) is 6.42 Å². The summed E-state index contributed by atoms with van der Waals surface area (Å²) in [5.41, 5.74) is 0. The first-order valence-corrected chi connectivity index (χ1v) is 3.82. The molecule has 0 aromatic carbocycles. The quantitative estimate of drug-likeness (QED) is 0.337. The third kappa shape index (κ3) is 0.985. The second-order valence-electron chi connectivity index (χ2n) is 3.01. The summed E-state index contributed by atoms with van der Waals surface area (Å²) in [5, 5.41) is 0. The maximum atomic E-state index is 10.7. The van der Waals surface area contributed by atoms with Crippen LogP contribution in [-0.2, 0) is 9.53 Å². The molecule has 0 heterocycles. The number of fused-ring (bicyclic) bond motifs is 1. The number of ether oxygens (including phenoxy) is 1. The number of allylic oxidation sites excluding steroid dienone is 1. The Hall–Kier alpha value is -1.05. The number of esters is 1. The minimum atomic E-state index is -0.294. The van der Waals surface area contributed by atoms with Gasteiger partial charge in [0.15, 0.2) is 0 Å². The first-order valence-electron chi connectivity index (χ1n) is 3.82. The highest BCUT2D eigenvalue weighted by atomic mass is 16.5. The predicted molar refractivity (Wildman–Crippen MR) is 40.8 cm³/mol. The summed E-state index contributed by atoms with van der Waals surface area (Å²) in [6.45, 7) is 3.34. The lowest BCUT2D eigenvalue weighted by Crippen LogP contribution is -2.05. The van der Waals surface area contributed by atoms with Crippen molar-refractivity contribution in [3.05, 3.63) is 24.8 Å². The summed E-state index contributed by atoms with van der Waals surface area (Å²) in [6, 6.07) is 0. The van der Waals surface area contributed by atoms with Crippen LogP contribution in [0.1, 0.15) is 6.42 Å². The van der Waals surface area contributed by atoms with E-state index in [1.54, 1.807) is 0 Å². The van der Waals surface area contributed by atoms with E-state index >= 15 is 0 Å². The van der Waals surface area contributed by atoms with Gasteiger partial charge in [0.05, 0.1) is 0 Å². The van der Waals surface area contributed by atoms with E-state index in [1.165, 1.54) is 6.08 Å². The highest BCUT2D eigenvalue weighted by Gasteiger charge is 2.52. The summed E-state index contributed by atoms with van der Waals surface area (Å²) in [5.74, 6) is 0.801. The molecule has 0 amide bonds. The van der Waals surface area contributed by atoms with Gasteiger partial charge < -0.3 is 4.74 Å². The van der Waals surface area contributed by atoms with Crippen molar-refractivity contribution in [3.63, 3.8) is 0 Å². The van der Waals surface area contributed by atoms with Crippen LogP contribution in [-0.4, -0.2) is 12.1 Å². The van der Waals surface area contributed by atoms with Crippen LogP contribution in [0.15, 0.2) is 24.8 Å². The molecule has 2 aliphatic carbocycles. The molecule has 58 valence electrons. The fourth-order valence-corrected chi connectivity index (χ4v) is 1.65. The topological polar surface area (TPSA) is 26.3 Å². The van der Waals surface area contributed by atoms with Gasteiger partial charge >= 0.3 is 5.97 Å². The third-order valence-electron chi connectivity index (χ3n) is 2.34. The Morgan fingerprint density at radius 2 is 2.55 bits per heavy atom. The Morgan fingerprint density at radius 3 is 3.09 bits per heavy atom. The molecule has 0 aromatic heterocycles. The van der Waals surface area contributed by atoms with Crippen molar-refractivity contribution in [3.8, 4) is 0 Å². The minimum Gasteiger partial charge on any atom is -0.458 e. The summed E-state index contributed by atoms with van der Waals surface area (Å²) in [7, 11) is 0. The zero-order chi connectivity index (χ0) is 7.84. The van der Waals surface area contributed by atoms with Gasteiger partial charge in [0.25, 0.3) is 0 Å². The van der Waals surface area contributed by atoms with Crippen molar-refractivity contribution in [2.75, 3.05) is 0 Å². The fourth-order valence-electron chi connectivity index (χ4n) is 1.65. The number of rotatable bonds is 2. The van der Waals surface area contributed by atoms with Gasteiger partial charge in [0.2, 0.25) is 0 Å².